The lowest BCUT2D eigenvalue weighted by molar-refractivity contribution is -0.121. The Bertz CT molecular complexity index is 394. The van der Waals surface area contributed by atoms with Crippen molar-refractivity contribution >= 4 is 23.3 Å². The van der Waals surface area contributed by atoms with Crippen molar-refractivity contribution in [3.05, 3.63) is 17.5 Å². The van der Waals surface area contributed by atoms with Gasteiger partial charge in [-0.25, -0.2) is 9.97 Å². The van der Waals surface area contributed by atoms with E-state index in [0.29, 0.717) is 16.9 Å². The Labute approximate surface area is 98.6 Å². The third-order valence-electron chi connectivity index (χ3n) is 2.34. The fourth-order valence-electron chi connectivity index (χ4n) is 1.24. The number of carbonyl (C=O) groups excluding carboxylic acids is 1. The van der Waals surface area contributed by atoms with Crippen LogP contribution in [0.2, 0.25) is 5.02 Å². The topological polar surface area (TPSA) is 66.9 Å². The maximum Gasteiger partial charge on any atom is 0.242 e. The summed E-state index contributed by atoms with van der Waals surface area (Å²) < 4.78 is 0. The molecule has 0 bridgehead atoms. The fourth-order valence-corrected chi connectivity index (χ4v) is 1.40. The van der Waals surface area contributed by atoms with Crippen LogP contribution in [0.4, 0.5) is 5.82 Å². The molecule has 1 aliphatic rings. The van der Waals surface area contributed by atoms with E-state index in [0.717, 1.165) is 12.8 Å². The van der Waals surface area contributed by atoms with Crippen molar-refractivity contribution in [2.75, 3.05) is 5.32 Å². The van der Waals surface area contributed by atoms with Gasteiger partial charge in [-0.15, -0.1) is 0 Å². The van der Waals surface area contributed by atoms with Crippen LogP contribution in [-0.4, -0.2) is 28.0 Å². The maximum atomic E-state index is 11.6. The molecule has 16 heavy (non-hydrogen) atoms. The summed E-state index contributed by atoms with van der Waals surface area (Å²) in [6, 6.07) is 0.00520. The van der Waals surface area contributed by atoms with Gasteiger partial charge in [0, 0.05) is 6.04 Å². The van der Waals surface area contributed by atoms with E-state index in [-0.39, 0.29) is 11.9 Å². The Morgan fingerprint density at radius 3 is 3.00 bits per heavy atom. The Hall–Kier alpha value is -1.36. The summed E-state index contributed by atoms with van der Waals surface area (Å²) in [6.45, 7) is 1.77. The first-order valence-corrected chi connectivity index (χ1v) is 5.57. The van der Waals surface area contributed by atoms with Gasteiger partial charge in [-0.05, 0) is 19.8 Å². The number of nitrogens with zero attached hydrogens (tertiary/aromatic N) is 2. The van der Waals surface area contributed by atoms with Crippen LogP contribution in [0, 0.1) is 0 Å². The number of halogens is 1. The molecule has 1 unspecified atom stereocenters. The van der Waals surface area contributed by atoms with Crippen LogP contribution in [0.1, 0.15) is 19.8 Å². The number of aromatic nitrogens is 2. The molecule has 0 saturated heterocycles. The van der Waals surface area contributed by atoms with Gasteiger partial charge >= 0.3 is 0 Å². The fraction of sp³-hybridized carbons (Fsp3) is 0.500. The number of hydrogen-bond donors (Lipinski definition) is 2. The first kappa shape index (κ1) is 11.1. The highest BCUT2D eigenvalue weighted by atomic mass is 35.5. The number of nitrogens with one attached hydrogen (secondary N) is 2. The summed E-state index contributed by atoms with van der Waals surface area (Å²) in [5.41, 5.74) is 0. The standard InChI is InChI=1S/C10H13ClN4O/c1-6(10(16)15-7-2-3-7)14-9-8(11)4-12-5-13-9/h4-7H,2-3H2,1H3,(H,15,16)(H,12,13,14). The summed E-state index contributed by atoms with van der Waals surface area (Å²) in [5.74, 6) is 0.451. The van der Waals surface area contributed by atoms with Gasteiger partial charge < -0.3 is 10.6 Å². The maximum absolute atomic E-state index is 11.6. The van der Waals surface area contributed by atoms with Crippen molar-refractivity contribution < 1.29 is 4.79 Å². The summed E-state index contributed by atoms with van der Waals surface area (Å²) in [5, 5.41) is 6.26. The Kier molecular flexibility index (Phi) is 3.24. The molecule has 5 nitrogen and oxygen atoms in total. The average Bonchev–Trinajstić information content (AvgIpc) is 3.05. The second-order valence-electron chi connectivity index (χ2n) is 3.87. The predicted molar refractivity (Wildman–Crippen MR) is 61.3 cm³/mol. The van der Waals surface area contributed by atoms with Crippen molar-refractivity contribution in [3.8, 4) is 0 Å². The quantitative estimate of drug-likeness (QED) is 0.830. The van der Waals surface area contributed by atoms with Crippen molar-refractivity contribution in [3.63, 3.8) is 0 Å². The molecular weight excluding hydrogens is 228 g/mol. The minimum atomic E-state index is -0.354. The molecule has 0 aromatic carbocycles. The Balaban J connectivity index is 1.92. The lowest BCUT2D eigenvalue weighted by atomic mass is 10.3. The van der Waals surface area contributed by atoms with Crippen LogP contribution in [0.15, 0.2) is 12.5 Å². The lowest BCUT2D eigenvalue weighted by Gasteiger charge is -2.14. The number of anilines is 1. The van der Waals surface area contributed by atoms with Crippen molar-refractivity contribution in [1.82, 2.24) is 15.3 Å². The van der Waals surface area contributed by atoms with E-state index in [1.54, 1.807) is 6.92 Å². The zero-order valence-corrected chi connectivity index (χ0v) is 9.66. The van der Waals surface area contributed by atoms with Gasteiger partial charge in [-0.3, -0.25) is 4.79 Å². The summed E-state index contributed by atoms with van der Waals surface area (Å²) in [6.07, 6.45) is 5.03. The minimum Gasteiger partial charge on any atom is -0.357 e. The summed E-state index contributed by atoms with van der Waals surface area (Å²) in [7, 11) is 0. The molecule has 0 aliphatic heterocycles. The molecule has 1 atom stereocenters. The van der Waals surface area contributed by atoms with Crippen LogP contribution in [0.3, 0.4) is 0 Å². The zero-order chi connectivity index (χ0) is 11.5. The van der Waals surface area contributed by atoms with Gasteiger partial charge in [0.15, 0.2) is 0 Å². The number of hydrogen-bond acceptors (Lipinski definition) is 4. The Morgan fingerprint density at radius 1 is 1.62 bits per heavy atom. The van der Waals surface area contributed by atoms with E-state index >= 15 is 0 Å². The second kappa shape index (κ2) is 4.65. The molecule has 6 heteroatoms. The average molecular weight is 241 g/mol. The van der Waals surface area contributed by atoms with E-state index in [2.05, 4.69) is 20.6 Å². The molecule has 2 rings (SSSR count). The lowest BCUT2D eigenvalue weighted by Crippen LogP contribution is -2.38. The van der Waals surface area contributed by atoms with Crippen molar-refractivity contribution in [2.24, 2.45) is 0 Å². The largest absolute Gasteiger partial charge is 0.357 e. The highest BCUT2D eigenvalue weighted by Crippen LogP contribution is 2.20. The third kappa shape index (κ3) is 2.82. The highest BCUT2D eigenvalue weighted by Gasteiger charge is 2.25. The predicted octanol–water partition coefficient (Wildman–Crippen LogP) is 1.21. The first-order valence-electron chi connectivity index (χ1n) is 5.19. The van der Waals surface area contributed by atoms with Gasteiger partial charge in [0.25, 0.3) is 0 Å². The van der Waals surface area contributed by atoms with E-state index < -0.39 is 0 Å². The van der Waals surface area contributed by atoms with Gasteiger partial charge in [-0.2, -0.15) is 0 Å². The van der Waals surface area contributed by atoms with Gasteiger partial charge in [0.2, 0.25) is 5.91 Å². The number of carbonyl (C=O) groups is 1. The summed E-state index contributed by atoms with van der Waals surface area (Å²) in [4.78, 5) is 19.4. The molecule has 1 saturated carbocycles. The van der Waals surface area contributed by atoms with Gasteiger partial charge in [0.05, 0.1) is 6.20 Å². The number of rotatable bonds is 4. The van der Waals surface area contributed by atoms with Gasteiger partial charge in [0.1, 0.15) is 23.2 Å². The minimum absolute atomic E-state index is 0.0304. The molecule has 1 aromatic rings. The molecule has 1 heterocycles. The molecule has 0 radical (unpaired) electrons. The monoisotopic (exact) mass is 240 g/mol. The molecule has 1 fully saturated rings. The molecule has 0 spiro atoms. The first-order chi connectivity index (χ1) is 7.66. The molecule has 1 aromatic heterocycles. The smallest absolute Gasteiger partial charge is 0.242 e. The van der Waals surface area contributed by atoms with Crippen molar-refractivity contribution in [2.45, 2.75) is 31.8 Å². The number of amides is 1. The second-order valence-corrected chi connectivity index (χ2v) is 4.28. The van der Waals surface area contributed by atoms with Gasteiger partial charge in [-0.1, -0.05) is 11.6 Å². The zero-order valence-electron chi connectivity index (χ0n) is 8.90. The molecule has 1 aliphatic carbocycles. The van der Waals surface area contributed by atoms with E-state index in [1.165, 1.54) is 12.5 Å². The van der Waals surface area contributed by atoms with E-state index in [4.69, 9.17) is 11.6 Å². The van der Waals surface area contributed by atoms with Crippen LogP contribution in [0.5, 0.6) is 0 Å². The third-order valence-corrected chi connectivity index (χ3v) is 2.61. The van der Waals surface area contributed by atoms with E-state index in [9.17, 15) is 4.79 Å². The molecule has 1 amide bonds. The molecular formula is C10H13ClN4O. The van der Waals surface area contributed by atoms with Crippen LogP contribution < -0.4 is 10.6 Å². The highest BCUT2D eigenvalue weighted by molar-refractivity contribution is 6.32. The normalized spacial score (nSPS) is 16.6. The van der Waals surface area contributed by atoms with Crippen LogP contribution in [0.25, 0.3) is 0 Å². The van der Waals surface area contributed by atoms with Crippen LogP contribution >= 0.6 is 11.6 Å². The molecule has 86 valence electrons. The summed E-state index contributed by atoms with van der Waals surface area (Å²) >= 11 is 5.87. The van der Waals surface area contributed by atoms with Crippen LogP contribution in [-0.2, 0) is 4.79 Å². The van der Waals surface area contributed by atoms with E-state index in [1.807, 2.05) is 0 Å². The molecule has 2 N–H and O–H groups in total. The SMILES string of the molecule is CC(Nc1ncncc1Cl)C(=O)NC1CC1. The van der Waals surface area contributed by atoms with Crippen molar-refractivity contribution in [1.29, 1.82) is 0 Å². The Morgan fingerprint density at radius 2 is 2.38 bits per heavy atom.